The number of thiazole rings is 1. The molecule has 0 N–H and O–H groups in total. The molecule has 4 aromatic rings. The van der Waals surface area contributed by atoms with Crippen LogP contribution < -0.4 is 0 Å². The van der Waals surface area contributed by atoms with Gasteiger partial charge in [-0.05, 0) is 26.0 Å². The van der Waals surface area contributed by atoms with Crippen molar-refractivity contribution in [2.45, 2.75) is 20.3 Å². The summed E-state index contributed by atoms with van der Waals surface area (Å²) in [5, 5.41) is 2.16. The number of amides is 1. The molecule has 1 fully saturated rings. The van der Waals surface area contributed by atoms with Gasteiger partial charge in [0.25, 0.3) is 5.91 Å². The number of hydrogen-bond donors (Lipinski definition) is 0. The van der Waals surface area contributed by atoms with E-state index in [-0.39, 0.29) is 5.91 Å². The quantitative estimate of drug-likeness (QED) is 0.361. The summed E-state index contributed by atoms with van der Waals surface area (Å²) in [7, 11) is 0. The maximum Gasteiger partial charge on any atom is 0.253 e. The zero-order valence-electron chi connectivity index (χ0n) is 20.4. The largest absolute Gasteiger partial charge is 0.379 e. The van der Waals surface area contributed by atoms with Gasteiger partial charge in [0.15, 0.2) is 4.96 Å². The van der Waals surface area contributed by atoms with E-state index in [2.05, 4.69) is 52.1 Å². The zero-order chi connectivity index (χ0) is 24.2. The van der Waals surface area contributed by atoms with Gasteiger partial charge in [0, 0.05) is 67.5 Å². The Labute approximate surface area is 210 Å². The number of hydrogen-bond acceptors (Lipinski definition) is 5. The Balaban J connectivity index is 1.32. The van der Waals surface area contributed by atoms with Crippen molar-refractivity contribution >= 4 is 22.2 Å². The maximum atomic E-state index is 13.4. The summed E-state index contributed by atoms with van der Waals surface area (Å²) in [6.45, 7) is 9.76. The Morgan fingerprint density at radius 3 is 2.40 bits per heavy atom. The molecule has 0 atom stereocenters. The number of nitrogens with zero attached hydrogens (tertiary/aromatic N) is 4. The minimum absolute atomic E-state index is 0.0932. The molecule has 1 aliphatic rings. The summed E-state index contributed by atoms with van der Waals surface area (Å²) in [5.74, 6) is 0.0932. The highest BCUT2D eigenvalue weighted by Gasteiger charge is 2.19. The fourth-order valence-electron chi connectivity index (χ4n) is 4.40. The molecule has 5 rings (SSSR count). The summed E-state index contributed by atoms with van der Waals surface area (Å²) in [6, 6.07) is 16.4. The molecule has 1 amide bonds. The number of benzene rings is 2. The Morgan fingerprint density at radius 2 is 1.69 bits per heavy atom. The van der Waals surface area contributed by atoms with Gasteiger partial charge in [-0.3, -0.25) is 14.1 Å². The second-order valence-electron chi connectivity index (χ2n) is 9.23. The van der Waals surface area contributed by atoms with E-state index in [1.54, 1.807) is 11.3 Å². The van der Waals surface area contributed by atoms with Crippen LogP contribution in [0.4, 0.5) is 0 Å². The summed E-state index contributed by atoms with van der Waals surface area (Å²) in [4.78, 5) is 23.6. The van der Waals surface area contributed by atoms with Crippen molar-refractivity contribution < 1.29 is 9.53 Å². The van der Waals surface area contributed by atoms with Crippen LogP contribution in [0.15, 0.2) is 60.1 Å². The van der Waals surface area contributed by atoms with Crippen LogP contribution in [0, 0.1) is 13.8 Å². The van der Waals surface area contributed by atoms with E-state index in [0.717, 1.165) is 66.6 Å². The monoisotopic (exact) mass is 488 g/mol. The van der Waals surface area contributed by atoms with E-state index < -0.39 is 0 Å². The average Bonchev–Trinajstić information content (AvgIpc) is 3.47. The highest BCUT2D eigenvalue weighted by Crippen LogP contribution is 2.24. The minimum Gasteiger partial charge on any atom is -0.379 e. The Bertz CT molecular complexity index is 1270. The van der Waals surface area contributed by atoms with Crippen LogP contribution in [0.3, 0.4) is 0 Å². The minimum atomic E-state index is 0.0932. The van der Waals surface area contributed by atoms with Crippen LogP contribution in [-0.2, 0) is 11.2 Å². The van der Waals surface area contributed by atoms with Crippen molar-refractivity contribution in [3.05, 3.63) is 82.5 Å². The van der Waals surface area contributed by atoms with Crippen LogP contribution in [-0.4, -0.2) is 71.0 Å². The van der Waals surface area contributed by atoms with E-state index in [1.165, 1.54) is 11.3 Å². The SMILES string of the molecule is Cc1ccc(C(=O)N(CCc2csc3nc(-c4ccc(C)cc4)cn23)CCN2CCOCC2)cc1. The molecule has 0 bridgehead atoms. The number of carbonyl (C=O) groups excluding carboxylic acids is 1. The molecule has 0 spiro atoms. The van der Waals surface area contributed by atoms with Gasteiger partial charge in [-0.25, -0.2) is 4.98 Å². The zero-order valence-corrected chi connectivity index (χ0v) is 21.3. The smallest absolute Gasteiger partial charge is 0.253 e. The molecule has 1 aliphatic heterocycles. The molecular formula is C28H32N4O2S. The lowest BCUT2D eigenvalue weighted by Crippen LogP contribution is -2.43. The fraction of sp³-hybridized carbons (Fsp3) is 0.357. The predicted octanol–water partition coefficient (Wildman–Crippen LogP) is 4.70. The number of aromatic nitrogens is 2. The van der Waals surface area contributed by atoms with E-state index in [1.807, 2.05) is 36.1 Å². The predicted molar refractivity (Wildman–Crippen MR) is 141 cm³/mol. The average molecular weight is 489 g/mol. The fourth-order valence-corrected chi connectivity index (χ4v) is 5.31. The number of carbonyl (C=O) groups is 1. The number of imidazole rings is 1. The molecule has 0 unspecified atom stereocenters. The second kappa shape index (κ2) is 10.7. The molecule has 6 nitrogen and oxygen atoms in total. The van der Waals surface area contributed by atoms with Gasteiger partial charge in [0.2, 0.25) is 0 Å². The van der Waals surface area contributed by atoms with Gasteiger partial charge in [-0.1, -0.05) is 47.5 Å². The number of aryl methyl sites for hydroxylation is 2. The van der Waals surface area contributed by atoms with Crippen LogP contribution >= 0.6 is 11.3 Å². The molecule has 2 aromatic carbocycles. The standard InChI is InChI=1S/C28H32N4O2S/c1-21-3-7-23(8-4-21)26-19-32-25(20-35-28(32)29-26)11-12-31(14-13-30-15-17-34-18-16-30)27(33)24-9-5-22(2)6-10-24/h3-10,19-20H,11-18H2,1-2H3. The first-order valence-electron chi connectivity index (χ1n) is 12.3. The third-order valence-corrected chi connectivity index (χ3v) is 7.53. The van der Waals surface area contributed by atoms with E-state index in [9.17, 15) is 4.79 Å². The third kappa shape index (κ3) is 5.64. The molecule has 7 heteroatoms. The molecule has 3 heterocycles. The highest BCUT2D eigenvalue weighted by molar-refractivity contribution is 7.15. The number of morpholine rings is 1. The molecule has 0 aliphatic carbocycles. The molecule has 0 saturated carbocycles. The molecule has 1 saturated heterocycles. The lowest BCUT2D eigenvalue weighted by molar-refractivity contribution is 0.0325. The van der Waals surface area contributed by atoms with Crippen LogP contribution in [0.5, 0.6) is 0 Å². The van der Waals surface area contributed by atoms with Crippen LogP contribution in [0.25, 0.3) is 16.2 Å². The van der Waals surface area contributed by atoms with Crippen LogP contribution in [0.2, 0.25) is 0 Å². The number of rotatable bonds is 8. The Kier molecular flexibility index (Phi) is 7.27. The molecular weight excluding hydrogens is 456 g/mol. The first-order chi connectivity index (χ1) is 17.1. The van der Waals surface area contributed by atoms with E-state index >= 15 is 0 Å². The van der Waals surface area contributed by atoms with Crippen molar-refractivity contribution in [2.24, 2.45) is 0 Å². The highest BCUT2D eigenvalue weighted by atomic mass is 32.1. The normalized spacial score (nSPS) is 14.5. The Hall–Kier alpha value is -3.00. The summed E-state index contributed by atoms with van der Waals surface area (Å²) in [6.07, 6.45) is 2.90. The lowest BCUT2D eigenvalue weighted by Gasteiger charge is -2.30. The topological polar surface area (TPSA) is 50.1 Å². The summed E-state index contributed by atoms with van der Waals surface area (Å²) >= 11 is 1.65. The van der Waals surface area contributed by atoms with Gasteiger partial charge >= 0.3 is 0 Å². The van der Waals surface area contributed by atoms with Crippen LogP contribution in [0.1, 0.15) is 27.2 Å². The van der Waals surface area contributed by atoms with Crippen molar-refractivity contribution in [3.63, 3.8) is 0 Å². The molecule has 0 radical (unpaired) electrons. The lowest BCUT2D eigenvalue weighted by atomic mass is 10.1. The van der Waals surface area contributed by atoms with Crippen molar-refractivity contribution in [1.29, 1.82) is 0 Å². The molecule has 182 valence electrons. The van der Waals surface area contributed by atoms with Crippen molar-refractivity contribution in [2.75, 3.05) is 45.9 Å². The van der Waals surface area contributed by atoms with Gasteiger partial charge in [0.05, 0.1) is 18.9 Å². The number of fused-ring (bicyclic) bond motifs is 1. The van der Waals surface area contributed by atoms with E-state index in [0.29, 0.717) is 13.1 Å². The first-order valence-corrected chi connectivity index (χ1v) is 13.1. The van der Waals surface area contributed by atoms with Crippen molar-refractivity contribution in [1.82, 2.24) is 19.2 Å². The summed E-state index contributed by atoms with van der Waals surface area (Å²) in [5.41, 5.74) is 6.44. The first kappa shape index (κ1) is 23.7. The summed E-state index contributed by atoms with van der Waals surface area (Å²) < 4.78 is 7.66. The van der Waals surface area contributed by atoms with Gasteiger partial charge in [-0.2, -0.15) is 0 Å². The maximum absolute atomic E-state index is 13.4. The molecule has 35 heavy (non-hydrogen) atoms. The van der Waals surface area contributed by atoms with Gasteiger partial charge < -0.3 is 9.64 Å². The van der Waals surface area contributed by atoms with Crippen molar-refractivity contribution in [3.8, 4) is 11.3 Å². The Morgan fingerprint density at radius 1 is 1.00 bits per heavy atom. The van der Waals surface area contributed by atoms with Gasteiger partial charge in [0.1, 0.15) is 0 Å². The van der Waals surface area contributed by atoms with E-state index in [4.69, 9.17) is 9.72 Å². The third-order valence-electron chi connectivity index (χ3n) is 6.64. The second-order valence-corrected chi connectivity index (χ2v) is 10.1. The molecule has 2 aromatic heterocycles. The van der Waals surface area contributed by atoms with Gasteiger partial charge in [-0.15, -0.1) is 11.3 Å². The number of ether oxygens (including phenoxy) is 1.